The zero-order valence-corrected chi connectivity index (χ0v) is 11.6. The molecule has 0 unspecified atom stereocenters. The van der Waals surface area contributed by atoms with Crippen LogP contribution in [0.15, 0.2) is 24.3 Å². The molecule has 0 bridgehead atoms. The summed E-state index contributed by atoms with van der Waals surface area (Å²) in [6.07, 6.45) is 1.37. The molecule has 0 atom stereocenters. The number of Topliss-reactive ketones (excluding diaryl/α,β-unsaturated/α-hetero) is 1. The first-order valence-corrected chi connectivity index (χ1v) is 6.59. The molecule has 1 aromatic carbocycles. The lowest BCUT2D eigenvalue weighted by Gasteiger charge is -2.06. The fourth-order valence-electron chi connectivity index (χ4n) is 1.64. The number of hydrogen-bond acceptors (Lipinski definition) is 3. The molecule has 0 aliphatic carbocycles. The monoisotopic (exact) mass is 263 g/mol. The number of ether oxygens (including phenoxy) is 1. The van der Waals surface area contributed by atoms with Crippen molar-refractivity contribution in [2.24, 2.45) is 0 Å². The smallest absolute Gasteiger partial charge is 0.220 e. The van der Waals surface area contributed by atoms with Gasteiger partial charge in [0.25, 0.3) is 0 Å². The Bertz CT molecular complexity index is 412. The minimum atomic E-state index is -0.0684. The van der Waals surface area contributed by atoms with Crippen LogP contribution < -0.4 is 10.1 Å². The first kappa shape index (κ1) is 15.2. The lowest BCUT2D eigenvalue weighted by molar-refractivity contribution is -0.124. The van der Waals surface area contributed by atoms with Gasteiger partial charge in [-0.25, -0.2) is 0 Å². The van der Waals surface area contributed by atoms with E-state index in [0.29, 0.717) is 19.6 Å². The van der Waals surface area contributed by atoms with Gasteiger partial charge < -0.3 is 14.8 Å². The third kappa shape index (κ3) is 6.60. The van der Waals surface area contributed by atoms with Crippen LogP contribution in [0.3, 0.4) is 0 Å². The molecule has 4 heteroatoms. The Morgan fingerprint density at radius 3 is 2.42 bits per heavy atom. The highest BCUT2D eigenvalue weighted by Crippen LogP contribution is 2.12. The summed E-state index contributed by atoms with van der Waals surface area (Å²) in [6.45, 7) is 4.69. The van der Waals surface area contributed by atoms with Crippen LogP contribution in [0.2, 0.25) is 0 Å². The van der Waals surface area contributed by atoms with Crippen LogP contribution in [0.4, 0.5) is 0 Å². The quantitative estimate of drug-likeness (QED) is 0.781. The lowest BCUT2D eigenvalue weighted by Crippen LogP contribution is -2.25. The normalized spacial score (nSPS) is 10.0. The summed E-state index contributed by atoms with van der Waals surface area (Å²) in [7, 11) is 0. The van der Waals surface area contributed by atoms with Gasteiger partial charge in [-0.2, -0.15) is 0 Å². The number of rotatable bonds is 8. The number of amides is 1. The van der Waals surface area contributed by atoms with Crippen molar-refractivity contribution in [3.8, 4) is 5.75 Å². The van der Waals surface area contributed by atoms with Crippen molar-refractivity contribution in [3.05, 3.63) is 29.8 Å². The van der Waals surface area contributed by atoms with Gasteiger partial charge in [-0.05, 0) is 38.0 Å². The summed E-state index contributed by atoms with van der Waals surface area (Å²) in [5.41, 5.74) is 1.15. The summed E-state index contributed by atoms with van der Waals surface area (Å²) < 4.78 is 5.36. The molecule has 0 aromatic heterocycles. The maximum atomic E-state index is 11.4. The van der Waals surface area contributed by atoms with Crippen molar-refractivity contribution >= 4 is 11.7 Å². The lowest BCUT2D eigenvalue weighted by atomic mass is 10.1. The van der Waals surface area contributed by atoms with E-state index in [1.165, 1.54) is 6.92 Å². The SMILES string of the molecule is CCOc1ccc(CCNC(=O)CCC(C)=O)cc1. The summed E-state index contributed by atoms with van der Waals surface area (Å²) >= 11 is 0. The Balaban J connectivity index is 2.25. The van der Waals surface area contributed by atoms with Gasteiger partial charge in [-0.1, -0.05) is 12.1 Å². The zero-order chi connectivity index (χ0) is 14.1. The average Bonchev–Trinajstić information content (AvgIpc) is 2.39. The third-order valence-corrected chi connectivity index (χ3v) is 2.67. The molecule has 19 heavy (non-hydrogen) atoms. The van der Waals surface area contributed by atoms with E-state index >= 15 is 0 Å². The van der Waals surface area contributed by atoms with E-state index in [9.17, 15) is 9.59 Å². The van der Waals surface area contributed by atoms with Crippen LogP contribution in [0.1, 0.15) is 32.3 Å². The summed E-state index contributed by atoms with van der Waals surface area (Å²) in [5.74, 6) is 0.833. The second-order valence-electron chi connectivity index (χ2n) is 4.38. The first-order valence-electron chi connectivity index (χ1n) is 6.59. The van der Waals surface area contributed by atoms with Gasteiger partial charge in [0.1, 0.15) is 11.5 Å². The molecule has 4 nitrogen and oxygen atoms in total. The summed E-state index contributed by atoms with van der Waals surface area (Å²) in [5, 5.41) is 2.80. The second kappa shape index (κ2) is 8.29. The Labute approximate surface area is 114 Å². The Hall–Kier alpha value is -1.84. The maximum absolute atomic E-state index is 11.4. The number of benzene rings is 1. The molecule has 1 aromatic rings. The van der Waals surface area contributed by atoms with Gasteiger partial charge in [0.15, 0.2) is 0 Å². The minimum absolute atomic E-state index is 0.0432. The summed E-state index contributed by atoms with van der Waals surface area (Å²) in [4.78, 5) is 22.1. The van der Waals surface area contributed by atoms with Crippen molar-refractivity contribution in [1.29, 1.82) is 0 Å². The standard InChI is InChI=1S/C15H21NO3/c1-3-19-14-7-5-13(6-8-14)10-11-16-15(18)9-4-12(2)17/h5-8H,3-4,9-11H2,1-2H3,(H,16,18). The molecule has 104 valence electrons. The minimum Gasteiger partial charge on any atom is -0.494 e. The molecule has 0 aliphatic rings. The van der Waals surface area contributed by atoms with E-state index in [4.69, 9.17) is 4.74 Å². The van der Waals surface area contributed by atoms with Gasteiger partial charge >= 0.3 is 0 Å². The van der Waals surface area contributed by atoms with E-state index in [0.717, 1.165) is 17.7 Å². The molecule has 0 saturated carbocycles. The van der Waals surface area contributed by atoms with Crippen molar-refractivity contribution in [3.63, 3.8) is 0 Å². The fourth-order valence-corrected chi connectivity index (χ4v) is 1.64. The molecule has 0 aliphatic heterocycles. The van der Waals surface area contributed by atoms with Crippen LogP contribution in [0, 0.1) is 0 Å². The van der Waals surface area contributed by atoms with E-state index in [1.807, 2.05) is 31.2 Å². The topological polar surface area (TPSA) is 55.4 Å². The Kier molecular flexibility index (Phi) is 6.64. The van der Waals surface area contributed by atoms with Crippen molar-refractivity contribution in [2.45, 2.75) is 33.1 Å². The van der Waals surface area contributed by atoms with Gasteiger partial charge in [-0.15, -0.1) is 0 Å². The van der Waals surface area contributed by atoms with Gasteiger partial charge in [0.2, 0.25) is 5.91 Å². The largest absolute Gasteiger partial charge is 0.494 e. The molecule has 1 amide bonds. The van der Waals surface area contributed by atoms with E-state index in [1.54, 1.807) is 0 Å². The highest BCUT2D eigenvalue weighted by molar-refractivity contribution is 5.83. The third-order valence-electron chi connectivity index (χ3n) is 2.67. The molecule has 0 heterocycles. The van der Waals surface area contributed by atoms with Gasteiger partial charge in [0, 0.05) is 19.4 Å². The maximum Gasteiger partial charge on any atom is 0.220 e. The molecule has 1 rings (SSSR count). The van der Waals surface area contributed by atoms with Gasteiger partial charge in [0.05, 0.1) is 6.61 Å². The molecule has 0 radical (unpaired) electrons. The Morgan fingerprint density at radius 1 is 1.16 bits per heavy atom. The van der Waals surface area contributed by atoms with Crippen LogP contribution in [0.5, 0.6) is 5.75 Å². The van der Waals surface area contributed by atoms with Crippen molar-refractivity contribution in [2.75, 3.05) is 13.2 Å². The predicted molar refractivity (Wildman–Crippen MR) is 74.2 cm³/mol. The first-order chi connectivity index (χ1) is 9.11. The predicted octanol–water partition coefficient (Wildman–Crippen LogP) is 2.11. The van der Waals surface area contributed by atoms with Crippen LogP contribution in [0.25, 0.3) is 0 Å². The fraction of sp³-hybridized carbons (Fsp3) is 0.467. The highest BCUT2D eigenvalue weighted by Gasteiger charge is 2.03. The average molecular weight is 263 g/mol. The van der Waals surface area contributed by atoms with E-state index in [-0.39, 0.29) is 18.1 Å². The molecular formula is C15H21NO3. The highest BCUT2D eigenvalue weighted by atomic mass is 16.5. The van der Waals surface area contributed by atoms with Crippen LogP contribution >= 0.6 is 0 Å². The molecule has 0 saturated heterocycles. The van der Waals surface area contributed by atoms with Gasteiger partial charge in [-0.3, -0.25) is 4.79 Å². The van der Waals surface area contributed by atoms with Crippen molar-refractivity contribution < 1.29 is 14.3 Å². The summed E-state index contributed by atoms with van der Waals surface area (Å²) in [6, 6.07) is 7.84. The Morgan fingerprint density at radius 2 is 1.84 bits per heavy atom. The van der Waals surface area contributed by atoms with Crippen molar-refractivity contribution in [1.82, 2.24) is 5.32 Å². The number of carbonyl (C=O) groups is 2. The molecule has 0 fully saturated rings. The van der Waals surface area contributed by atoms with Crippen LogP contribution in [-0.4, -0.2) is 24.8 Å². The zero-order valence-electron chi connectivity index (χ0n) is 11.6. The molecule has 0 spiro atoms. The molecular weight excluding hydrogens is 242 g/mol. The molecule has 1 N–H and O–H groups in total. The second-order valence-corrected chi connectivity index (χ2v) is 4.38. The number of carbonyl (C=O) groups excluding carboxylic acids is 2. The number of ketones is 1. The van der Waals surface area contributed by atoms with E-state index in [2.05, 4.69) is 5.32 Å². The number of hydrogen-bond donors (Lipinski definition) is 1. The van der Waals surface area contributed by atoms with Crippen LogP contribution in [-0.2, 0) is 16.0 Å². The van der Waals surface area contributed by atoms with E-state index < -0.39 is 0 Å². The number of nitrogens with one attached hydrogen (secondary N) is 1.